The largest absolute Gasteiger partial charge is 0.490 e. The molecule has 6 heteroatoms. The van der Waals surface area contributed by atoms with E-state index in [4.69, 9.17) is 10.5 Å². The molecular formula is C14H21N3O3. The number of anilines is 1. The number of hydrogen-bond donors (Lipinski definition) is 2. The van der Waals surface area contributed by atoms with E-state index in [0.717, 1.165) is 19.3 Å². The van der Waals surface area contributed by atoms with Gasteiger partial charge in [0.05, 0.1) is 12.0 Å². The molecule has 0 heterocycles. The summed E-state index contributed by atoms with van der Waals surface area (Å²) >= 11 is 0. The molecule has 6 nitrogen and oxygen atoms in total. The number of nitrogens with zero attached hydrogens (tertiary/aromatic N) is 1. The normalized spacial score (nSPS) is 22.3. The zero-order valence-electron chi connectivity index (χ0n) is 11.7. The maximum absolute atomic E-state index is 11.3. The first kappa shape index (κ1) is 14.6. The Morgan fingerprint density at radius 2 is 2.20 bits per heavy atom. The number of nitrogens with one attached hydrogen (secondary N) is 1. The number of nitrogens with two attached hydrogens (primary N) is 1. The molecule has 0 aliphatic heterocycles. The van der Waals surface area contributed by atoms with E-state index >= 15 is 0 Å². The summed E-state index contributed by atoms with van der Waals surface area (Å²) in [6.07, 6.45) is 4.38. The maximum atomic E-state index is 11.3. The third-order valence-corrected chi connectivity index (χ3v) is 3.95. The summed E-state index contributed by atoms with van der Waals surface area (Å²) in [7, 11) is 1.44. The molecule has 1 saturated carbocycles. The van der Waals surface area contributed by atoms with Crippen molar-refractivity contribution in [3.8, 4) is 5.75 Å². The van der Waals surface area contributed by atoms with Crippen molar-refractivity contribution in [1.82, 2.24) is 0 Å². The highest BCUT2D eigenvalue weighted by Gasteiger charge is 2.27. The standard InChI is InChI=1S/C14H21N3O3/c1-20-13-8-4-7-12(14(13)17(18)19)16-11-6-3-2-5-10(11)9-15/h4,7-8,10-11,16H,2-3,5-6,9,15H2,1H3. The van der Waals surface area contributed by atoms with Crippen molar-refractivity contribution in [2.24, 2.45) is 11.7 Å². The second-order valence-corrected chi connectivity index (χ2v) is 5.14. The van der Waals surface area contributed by atoms with Crippen LogP contribution in [0.1, 0.15) is 25.7 Å². The van der Waals surface area contributed by atoms with Crippen molar-refractivity contribution < 1.29 is 9.66 Å². The smallest absolute Gasteiger partial charge is 0.333 e. The highest BCUT2D eigenvalue weighted by Crippen LogP contribution is 2.36. The van der Waals surface area contributed by atoms with Gasteiger partial charge in [-0.25, -0.2) is 0 Å². The predicted molar refractivity (Wildman–Crippen MR) is 78.1 cm³/mol. The van der Waals surface area contributed by atoms with Crippen LogP contribution in [0.2, 0.25) is 0 Å². The first-order chi connectivity index (χ1) is 9.67. The summed E-state index contributed by atoms with van der Waals surface area (Å²) < 4.78 is 5.08. The average Bonchev–Trinajstić information content (AvgIpc) is 2.47. The molecule has 0 spiro atoms. The summed E-state index contributed by atoms with van der Waals surface area (Å²) in [6, 6.07) is 5.28. The molecule has 20 heavy (non-hydrogen) atoms. The molecule has 110 valence electrons. The third-order valence-electron chi connectivity index (χ3n) is 3.95. The van der Waals surface area contributed by atoms with Gasteiger partial charge >= 0.3 is 5.69 Å². The van der Waals surface area contributed by atoms with Crippen LogP contribution in [0.15, 0.2) is 18.2 Å². The number of methoxy groups -OCH3 is 1. The van der Waals surface area contributed by atoms with Gasteiger partial charge in [0.25, 0.3) is 0 Å². The molecule has 2 rings (SSSR count). The molecule has 3 N–H and O–H groups in total. The number of hydrogen-bond acceptors (Lipinski definition) is 5. The highest BCUT2D eigenvalue weighted by atomic mass is 16.6. The average molecular weight is 279 g/mol. The lowest BCUT2D eigenvalue weighted by molar-refractivity contribution is -0.384. The van der Waals surface area contributed by atoms with Gasteiger partial charge in [-0.1, -0.05) is 18.9 Å². The lowest BCUT2D eigenvalue weighted by atomic mass is 9.84. The van der Waals surface area contributed by atoms with Crippen LogP contribution in [0.4, 0.5) is 11.4 Å². The molecule has 0 aromatic heterocycles. The lowest BCUT2D eigenvalue weighted by Crippen LogP contribution is -2.36. The van der Waals surface area contributed by atoms with Gasteiger partial charge in [-0.05, 0) is 37.4 Å². The Morgan fingerprint density at radius 3 is 2.85 bits per heavy atom. The van der Waals surface area contributed by atoms with Gasteiger partial charge in [-0.15, -0.1) is 0 Å². The Kier molecular flexibility index (Phi) is 4.79. The van der Waals surface area contributed by atoms with Crippen molar-refractivity contribution in [1.29, 1.82) is 0 Å². The van der Waals surface area contributed by atoms with Crippen molar-refractivity contribution in [2.45, 2.75) is 31.7 Å². The molecule has 2 atom stereocenters. The molecule has 1 aromatic rings. The van der Waals surface area contributed by atoms with Crippen molar-refractivity contribution in [3.63, 3.8) is 0 Å². The second-order valence-electron chi connectivity index (χ2n) is 5.14. The fraction of sp³-hybridized carbons (Fsp3) is 0.571. The summed E-state index contributed by atoms with van der Waals surface area (Å²) in [5.41, 5.74) is 6.31. The highest BCUT2D eigenvalue weighted by molar-refractivity contribution is 5.68. The molecular weight excluding hydrogens is 258 g/mol. The quantitative estimate of drug-likeness (QED) is 0.638. The van der Waals surface area contributed by atoms with Crippen LogP contribution in [-0.4, -0.2) is 24.6 Å². The Labute approximate surface area is 118 Å². The minimum absolute atomic E-state index is 0.00338. The first-order valence-corrected chi connectivity index (χ1v) is 6.95. The number of rotatable bonds is 5. The van der Waals surface area contributed by atoms with Gasteiger partial charge in [0.15, 0.2) is 5.75 Å². The van der Waals surface area contributed by atoms with Crippen molar-refractivity contribution in [3.05, 3.63) is 28.3 Å². The number of nitro benzene ring substituents is 1. The Balaban J connectivity index is 2.26. The van der Waals surface area contributed by atoms with Crippen LogP contribution in [-0.2, 0) is 0 Å². The molecule has 0 amide bonds. The van der Waals surface area contributed by atoms with Gasteiger partial charge < -0.3 is 15.8 Å². The van der Waals surface area contributed by atoms with E-state index < -0.39 is 4.92 Å². The number of para-hydroxylation sites is 1. The van der Waals surface area contributed by atoms with E-state index in [1.807, 2.05) is 0 Å². The minimum atomic E-state index is -0.401. The van der Waals surface area contributed by atoms with E-state index in [0.29, 0.717) is 18.2 Å². The maximum Gasteiger partial charge on any atom is 0.333 e. The topological polar surface area (TPSA) is 90.4 Å². The molecule has 1 aliphatic rings. The van der Waals surface area contributed by atoms with Crippen molar-refractivity contribution >= 4 is 11.4 Å². The number of ether oxygens (including phenoxy) is 1. The molecule has 1 aromatic carbocycles. The minimum Gasteiger partial charge on any atom is -0.490 e. The van der Waals surface area contributed by atoms with Gasteiger partial charge in [-0.2, -0.15) is 0 Å². The zero-order valence-corrected chi connectivity index (χ0v) is 11.7. The summed E-state index contributed by atoms with van der Waals surface area (Å²) in [5.74, 6) is 0.648. The van der Waals surface area contributed by atoms with Crippen LogP contribution >= 0.6 is 0 Å². The van der Waals surface area contributed by atoms with Gasteiger partial charge in [0, 0.05) is 6.04 Å². The van der Waals surface area contributed by atoms with E-state index in [1.165, 1.54) is 13.5 Å². The van der Waals surface area contributed by atoms with E-state index in [1.54, 1.807) is 18.2 Å². The molecule has 0 bridgehead atoms. The predicted octanol–water partition coefficient (Wildman–Crippen LogP) is 2.53. The fourth-order valence-electron chi connectivity index (χ4n) is 2.87. The monoisotopic (exact) mass is 279 g/mol. The SMILES string of the molecule is COc1cccc(NC2CCCCC2CN)c1[N+](=O)[O-]. The Morgan fingerprint density at radius 1 is 1.45 bits per heavy atom. The number of nitro groups is 1. The lowest BCUT2D eigenvalue weighted by Gasteiger charge is -2.32. The first-order valence-electron chi connectivity index (χ1n) is 6.95. The summed E-state index contributed by atoms with van der Waals surface area (Å²) in [4.78, 5) is 10.9. The van der Waals surface area contributed by atoms with Crippen molar-refractivity contribution in [2.75, 3.05) is 19.0 Å². The van der Waals surface area contributed by atoms with Gasteiger partial charge in [0.2, 0.25) is 0 Å². The number of benzene rings is 1. The zero-order chi connectivity index (χ0) is 14.5. The van der Waals surface area contributed by atoms with E-state index in [2.05, 4.69) is 5.32 Å². The second kappa shape index (κ2) is 6.56. The Bertz CT molecular complexity index is 479. The van der Waals surface area contributed by atoms with Gasteiger partial charge in [0.1, 0.15) is 5.69 Å². The van der Waals surface area contributed by atoms with Crippen LogP contribution < -0.4 is 15.8 Å². The summed E-state index contributed by atoms with van der Waals surface area (Å²) in [5, 5.41) is 14.6. The van der Waals surface area contributed by atoms with Crippen LogP contribution in [0.25, 0.3) is 0 Å². The Hall–Kier alpha value is -1.82. The molecule has 0 saturated heterocycles. The molecule has 1 fully saturated rings. The molecule has 2 unspecified atom stereocenters. The van der Waals surface area contributed by atoms with Crippen LogP contribution in [0.3, 0.4) is 0 Å². The molecule has 1 aliphatic carbocycles. The van der Waals surface area contributed by atoms with Crippen LogP contribution in [0.5, 0.6) is 5.75 Å². The molecule has 0 radical (unpaired) electrons. The van der Waals surface area contributed by atoms with E-state index in [-0.39, 0.29) is 17.5 Å². The fourth-order valence-corrected chi connectivity index (χ4v) is 2.87. The van der Waals surface area contributed by atoms with Gasteiger partial charge in [-0.3, -0.25) is 10.1 Å². The third kappa shape index (κ3) is 3.01. The van der Waals surface area contributed by atoms with E-state index in [9.17, 15) is 10.1 Å². The van der Waals surface area contributed by atoms with Crippen LogP contribution in [0, 0.1) is 16.0 Å². The summed E-state index contributed by atoms with van der Waals surface area (Å²) in [6.45, 7) is 0.607.